The van der Waals surface area contributed by atoms with Gasteiger partial charge in [0.05, 0.1) is 5.69 Å². The van der Waals surface area contributed by atoms with Gasteiger partial charge in [-0.25, -0.2) is 13.6 Å². The molecule has 2 heterocycles. The first-order chi connectivity index (χ1) is 16.5. The van der Waals surface area contributed by atoms with Crippen molar-refractivity contribution in [1.29, 1.82) is 0 Å². The van der Waals surface area contributed by atoms with Crippen molar-refractivity contribution in [2.24, 2.45) is 0 Å². The maximum atomic E-state index is 13.8. The van der Waals surface area contributed by atoms with Crippen molar-refractivity contribution in [2.75, 3.05) is 19.7 Å². The zero-order valence-electron chi connectivity index (χ0n) is 18.5. The van der Waals surface area contributed by atoms with Crippen LogP contribution < -0.4 is 15.2 Å². The van der Waals surface area contributed by atoms with Crippen molar-refractivity contribution in [3.63, 3.8) is 0 Å². The van der Waals surface area contributed by atoms with Crippen LogP contribution in [0.3, 0.4) is 0 Å². The first-order valence-electron chi connectivity index (χ1n) is 10.8. The minimum absolute atomic E-state index is 0. The molecule has 3 aromatic carbocycles. The van der Waals surface area contributed by atoms with Crippen LogP contribution >= 0.6 is 12.4 Å². The Balaban J connectivity index is 0.00000289. The molecule has 0 amide bonds. The molecule has 5 rings (SSSR count). The van der Waals surface area contributed by atoms with Crippen molar-refractivity contribution in [1.82, 2.24) is 14.7 Å². The van der Waals surface area contributed by atoms with E-state index in [2.05, 4.69) is 34.3 Å². The monoisotopic (exact) mass is 501 g/mol. The molecule has 182 valence electrons. The SMILES string of the molecule is Cl.O=c1oc(Oc2ccc(F)cc2F)nn1-c1ccc(OCCN2CCc3ccccc3C2)cc1. The Morgan fingerprint density at radius 1 is 1.00 bits per heavy atom. The maximum Gasteiger partial charge on any atom is 0.444 e. The van der Waals surface area contributed by atoms with Gasteiger partial charge in [0.1, 0.15) is 18.2 Å². The Morgan fingerprint density at radius 3 is 2.54 bits per heavy atom. The van der Waals surface area contributed by atoms with Crippen LogP contribution in [0, 0.1) is 11.6 Å². The van der Waals surface area contributed by atoms with E-state index in [4.69, 9.17) is 13.9 Å². The van der Waals surface area contributed by atoms with Gasteiger partial charge >= 0.3 is 11.8 Å². The van der Waals surface area contributed by atoms with Crippen LogP contribution in [0.25, 0.3) is 5.69 Å². The molecule has 7 nitrogen and oxygen atoms in total. The highest BCUT2D eigenvalue weighted by atomic mass is 35.5. The molecule has 1 aromatic heterocycles. The second-order valence-electron chi connectivity index (χ2n) is 7.86. The third-order valence-corrected chi connectivity index (χ3v) is 5.59. The highest BCUT2D eigenvalue weighted by Gasteiger charge is 2.16. The van der Waals surface area contributed by atoms with Crippen LogP contribution in [-0.2, 0) is 13.0 Å². The molecule has 4 aromatic rings. The molecule has 10 heteroatoms. The smallest absolute Gasteiger partial charge is 0.444 e. The molecule has 35 heavy (non-hydrogen) atoms. The fraction of sp³-hybridized carbons (Fsp3) is 0.200. The van der Waals surface area contributed by atoms with Crippen molar-refractivity contribution < 1.29 is 22.7 Å². The number of rotatable bonds is 7. The lowest BCUT2D eigenvalue weighted by atomic mass is 10.0. The Hall–Kier alpha value is -3.69. The van der Waals surface area contributed by atoms with Gasteiger partial charge in [0.25, 0.3) is 0 Å². The van der Waals surface area contributed by atoms with Crippen molar-refractivity contribution in [3.8, 4) is 23.3 Å². The predicted molar refractivity (Wildman–Crippen MR) is 127 cm³/mol. The molecular weight excluding hydrogens is 480 g/mol. The molecule has 0 fully saturated rings. The molecule has 0 N–H and O–H groups in total. The second-order valence-corrected chi connectivity index (χ2v) is 7.86. The Morgan fingerprint density at radius 2 is 1.77 bits per heavy atom. The number of hydrogen-bond donors (Lipinski definition) is 0. The molecule has 0 bridgehead atoms. The van der Waals surface area contributed by atoms with Crippen LogP contribution in [0.15, 0.2) is 75.9 Å². The first kappa shape index (κ1) is 24.4. The molecule has 0 spiro atoms. The highest BCUT2D eigenvalue weighted by molar-refractivity contribution is 5.85. The number of aromatic nitrogens is 2. The highest BCUT2D eigenvalue weighted by Crippen LogP contribution is 2.24. The molecule has 0 radical (unpaired) electrons. The van der Waals surface area contributed by atoms with E-state index in [1.165, 1.54) is 11.1 Å². The fourth-order valence-electron chi connectivity index (χ4n) is 3.84. The van der Waals surface area contributed by atoms with Gasteiger partial charge in [-0.05, 0) is 53.9 Å². The minimum Gasteiger partial charge on any atom is -0.492 e. The molecule has 1 aliphatic heterocycles. The summed E-state index contributed by atoms with van der Waals surface area (Å²) in [6.45, 7) is 3.26. The predicted octanol–water partition coefficient (Wildman–Crippen LogP) is 4.75. The molecular formula is C25H22ClF2N3O4. The van der Waals surface area contributed by atoms with Crippen molar-refractivity contribution in [2.45, 2.75) is 13.0 Å². The van der Waals surface area contributed by atoms with Gasteiger partial charge in [0.15, 0.2) is 11.6 Å². The summed E-state index contributed by atoms with van der Waals surface area (Å²) in [6, 6.07) is 18.0. The van der Waals surface area contributed by atoms with Gasteiger partial charge in [0.2, 0.25) is 0 Å². The van der Waals surface area contributed by atoms with Gasteiger partial charge in [-0.2, -0.15) is 4.68 Å². The van der Waals surface area contributed by atoms with Crippen LogP contribution in [0.1, 0.15) is 11.1 Å². The second kappa shape index (κ2) is 10.7. The third kappa shape index (κ3) is 5.70. The van der Waals surface area contributed by atoms with Gasteiger partial charge in [0, 0.05) is 25.7 Å². The minimum atomic E-state index is -0.938. The average molecular weight is 502 g/mol. The number of benzene rings is 3. The molecule has 0 atom stereocenters. The number of fused-ring (bicyclic) bond motifs is 1. The normalized spacial score (nSPS) is 13.1. The number of halogens is 3. The summed E-state index contributed by atoms with van der Waals surface area (Å²) >= 11 is 0. The van der Waals surface area contributed by atoms with Crippen LogP contribution in [0.2, 0.25) is 0 Å². The summed E-state index contributed by atoms with van der Waals surface area (Å²) in [6.07, 6.45) is 0.579. The number of nitrogens with zero attached hydrogens (tertiary/aromatic N) is 3. The van der Waals surface area contributed by atoms with Crippen LogP contribution in [0.5, 0.6) is 17.6 Å². The third-order valence-electron chi connectivity index (χ3n) is 5.59. The Bertz CT molecular complexity index is 1360. The molecule has 0 saturated heterocycles. The lowest BCUT2D eigenvalue weighted by Gasteiger charge is -2.28. The zero-order chi connectivity index (χ0) is 23.5. The summed E-state index contributed by atoms with van der Waals surface area (Å²) in [5.41, 5.74) is 3.19. The van der Waals surface area contributed by atoms with E-state index in [1.807, 2.05) is 0 Å². The summed E-state index contributed by atoms with van der Waals surface area (Å²) in [5, 5.41) is 3.92. The Kier molecular flexibility index (Phi) is 7.48. The van der Waals surface area contributed by atoms with E-state index in [-0.39, 0.29) is 18.2 Å². The summed E-state index contributed by atoms with van der Waals surface area (Å²) < 4.78 is 43.7. The van der Waals surface area contributed by atoms with E-state index >= 15 is 0 Å². The fourth-order valence-corrected chi connectivity index (χ4v) is 3.84. The van der Waals surface area contributed by atoms with Gasteiger partial charge in [-0.1, -0.05) is 29.4 Å². The quantitative estimate of drug-likeness (QED) is 0.364. The van der Waals surface area contributed by atoms with Crippen molar-refractivity contribution >= 4 is 12.4 Å². The molecule has 0 aliphatic carbocycles. The average Bonchev–Trinajstić information content (AvgIpc) is 3.21. The van der Waals surface area contributed by atoms with Crippen molar-refractivity contribution in [3.05, 3.63) is 100 Å². The lowest BCUT2D eigenvalue weighted by molar-refractivity contribution is 0.196. The van der Waals surface area contributed by atoms with Gasteiger partial charge < -0.3 is 13.9 Å². The number of hydrogen-bond acceptors (Lipinski definition) is 6. The molecule has 0 unspecified atom stereocenters. The van der Waals surface area contributed by atoms with Crippen LogP contribution in [0.4, 0.5) is 8.78 Å². The van der Waals surface area contributed by atoms with E-state index < -0.39 is 23.5 Å². The zero-order valence-corrected chi connectivity index (χ0v) is 19.3. The van der Waals surface area contributed by atoms with E-state index in [9.17, 15) is 13.6 Å². The standard InChI is InChI=1S/C25H21F2N3O4.ClH/c26-19-5-10-23(22(27)15-19)33-24-28-30(25(31)34-24)20-6-8-21(9-7-20)32-14-13-29-12-11-17-3-1-2-4-18(17)16-29;/h1-10,15H,11-14,16H2;1H. The largest absolute Gasteiger partial charge is 0.492 e. The summed E-state index contributed by atoms with van der Waals surface area (Å²) in [7, 11) is 0. The summed E-state index contributed by atoms with van der Waals surface area (Å²) in [4.78, 5) is 14.5. The molecule has 1 aliphatic rings. The van der Waals surface area contributed by atoms with E-state index in [1.54, 1.807) is 24.3 Å². The van der Waals surface area contributed by atoms with E-state index in [0.29, 0.717) is 24.1 Å². The lowest BCUT2D eigenvalue weighted by Crippen LogP contribution is -2.33. The summed E-state index contributed by atoms with van der Waals surface area (Å²) in [5.74, 6) is -2.15. The van der Waals surface area contributed by atoms with Crippen LogP contribution in [-0.4, -0.2) is 34.4 Å². The first-order valence-corrected chi connectivity index (χ1v) is 10.8. The molecule has 0 saturated carbocycles. The van der Waals surface area contributed by atoms with Gasteiger partial charge in [-0.15, -0.1) is 12.4 Å². The Labute approximate surface area is 205 Å². The maximum absolute atomic E-state index is 13.8. The van der Waals surface area contributed by atoms with E-state index in [0.717, 1.165) is 42.9 Å². The topological polar surface area (TPSA) is 69.7 Å². The number of ether oxygens (including phenoxy) is 2. The van der Waals surface area contributed by atoms with Gasteiger partial charge in [-0.3, -0.25) is 4.90 Å².